The second-order valence-electron chi connectivity index (χ2n) is 9.99. The third-order valence-electron chi connectivity index (χ3n) is 6.37. The zero-order valence-corrected chi connectivity index (χ0v) is 25.8. The van der Waals surface area contributed by atoms with Gasteiger partial charge in [-0.3, -0.25) is 13.9 Å². The summed E-state index contributed by atoms with van der Waals surface area (Å²) in [7, 11) is -2.64. The molecule has 1 N–H and O–H groups in total. The summed E-state index contributed by atoms with van der Waals surface area (Å²) in [5.41, 5.74) is 2.10. The summed E-state index contributed by atoms with van der Waals surface area (Å²) in [5, 5.41) is 2.89. The maximum absolute atomic E-state index is 13.9. The zero-order chi connectivity index (χ0) is 29.4. The van der Waals surface area contributed by atoms with Crippen LogP contribution < -0.4 is 14.4 Å². The summed E-state index contributed by atoms with van der Waals surface area (Å²) < 4.78 is 34.9. The molecule has 0 aliphatic rings. The average Bonchev–Trinajstić information content (AvgIpc) is 2.94. The fraction of sp³-hybridized carbons (Fsp3) is 0.333. The lowest BCUT2D eigenvalue weighted by Crippen LogP contribution is -2.51. The molecule has 0 aromatic heterocycles. The number of halogens is 1. The lowest BCUT2D eigenvalue weighted by atomic mass is 10.1. The van der Waals surface area contributed by atoms with Crippen LogP contribution in [0.4, 0.5) is 5.69 Å². The number of rotatable bonds is 12. The van der Waals surface area contributed by atoms with Gasteiger partial charge in [0.05, 0.1) is 17.7 Å². The smallest absolute Gasteiger partial charge is 0.264 e. The van der Waals surface area contributed by atoms with Gasteiger partial charge in [0.25, 0.3) is 10.0 Å². The minimum Gasteiger partial charge on any atom is -0.497 e. The molecule has 0 saturated carbocycles. The first-order valence-corrected chi connectivity index (χ1v) is 15.2. The molecule has 0 saturated heterocycles. The van der Waals surface area contributed by atoms with Gasteiger partial charge in [-0.25, -0.2) is 8.42 Å². The van der Waals surface area contributed by atoms with Gasteiger partial charge < -0.3 is 15.0 Å². The van der Waals surface area contributed by atoms with Crippen LogP contribution in [0.1, 0.15) is 31.9 Å². The fourth-order valence-corrected chi connectivity index (χ4v) is 5.61. The number of nitrogens with one attached hydrogen (secondary N) is 1. The van der Waals surface area contributed by atoms with E-state index in [2.05, 4.69) is 21.2 Å². The highest BCUT2D eigenvalue weighted by Gasteiger charge is 2.32. The number of anilines is 1. The maximum atomic E-state index is 13.9. The number of carbonyl (C=O) groups is 2. The number of hydrogen-bond donors (Lipinski definition) is 1. The Morgan fingerprint density at radius 3 is 2.08 bits per heavy atom. The van der Waals surface area contributed by atoms with E-state index in [4.69, 9.17) is 4.74 Å². The largest absolute Gasteiger partial charge is 0.497 e. The molecule has 8 nitrogen and oxygen atoms in total. The van der Waals surface area contributed by atoms with Gasteiger partial charge in [0.1, 0.15) is 18.3 Å². The third-order valence-corrected chi connectivity index (χ3v) is 8.68. The summed E-state index contributed by atoms with van der Waals surface area (Å²) in [6, 6.07) is 19.5. The van der Waals surface area contributed by atoms with Crippen molar-refractivity contribution >= 4 is 43.5 Å². The molecule has 3 rings (SSSR count). The summed E-state index contributed by atoms with van der Waals surface area (Å²) in [6.45, 7) is 7.63. The Kier molecular flexibility index (Phi) is 10.8. The highest BCUT2D eigenvalue weighted by Crippen LogP contribution is 2.26. The standard InChI is InChI=1S/C30H36BrN3O5S/c1-21(2)18-32-30(36)23(4)33(19-24-8-10-25(31)11-9-24)29(35)20-34(26-12-6-22(3)7-13-26)40(37,38)28-16-14-27(39-5)15-17-28/h6-17,21,23H,18-20H2,1-5H3,(H,32,36)/t23-/m1/s1. The Labute approximate surface area is 245 Å². The topological polar surface area (TPSA) is 96.0 Å². The molecule has 0 unspecified atom stereocenters. The molecule has 0 aliphatic heterocycles. The van der Waals surface area contributed by atoms with Crippen LogP contribution in [0.25, 0.3) is 0 Å². The van der Waals surface area contributed by atoms with E-state index in [1.165, 1.54) is 24.1 Å². The Balaban J connectivity index is 2.00. The van der Waals surface area contributed by atoms with Crippen LogP contribution in [0.2, 0.25) is 0 Å². The number of amides is 2. The summed E-state index contributed by atoms with van der Waals surface area (Å²) >= 11 is 3.42. The summed E-state index contributed by atoms with van der Waals surface area (Å²) in [4.78, 5) is 28.4. The number of methoxy groups -OCH3 is 1. The van der Waals surface area contributed by atoms with Crippen molar-refractivity contribution < 1.29 is 22.7 Å². The fourth-order valence-electron chi connectivity index (χ4n) is 3.94. The van der Waals surface area contributed by atoms with Crippen LogP contribution in [0, 0.1) is 12.8 Å². The molecule has 0 radical (unpaired) electrons. The predicted molar refractivity (Wildman–Crippen MR) is 161 cm³/mol. The van der Waals surface area contributed by atoms with Gasteiger partial charge in [-0.2, -0.15) is 0 Å². The van der Waals surface area contributed by atoms with E-state index < -0.39 is 28.5 Å². The van der Waals surface area contributed by atoms with E-state index in [1.807, 2.05) is 45.0 Å². The van der Waals surface area contributed by atoms with Crippen LogP contribution in [0.5, 0.6) is 5.75 Å². The van der Waals surface area contributed by atoms with Crippen molar-refractivity contribution in [3.63, 3.8) is 0 Å². The first-order chi connectivity index (χ1) is 18.9. The Bertz CT molecular complexity index is 1390. The first kappa shape index (κ1) is 31.2. The lowest BCUT2D eigenvalue weighted by Gasteiger charge is -2.32. The van der Waals surface area contributed by atoms with Gasteiger partial charge in [0.15, 0.2) is 0 Å². The number of carbonyl (C=O) groups excluding carboxylic acids is 2. The lowest BCUT2D eigenvalue weighted by molar-refractivity contribution is -0.139. The number of nitrogens with zero attached hydrogens (tertiary/aromatic N) is 2. The third kappa shape index (κ3) is 8.08. The van der Waals surface area contributed by atoms with Crippen LogP contribution in [0.15, 0.2) is 82.2 Å². The van der Waals surface area contributed by atoms with E-state index in [0.717, 1.165) is 19.9 Å². The quantitative estimate of drug-likeness (QED) is 0.299. The molecule has 0 heterocycles. The molecular formula is C30H36BrN3O5S. The number of ether oxygens (including phenoxy) is 1. The van der Waals surface area contributed by atoms with E-state index in [1.54, 1.807) is 43.3 Å². The monoisotopic (exact) mass is 629 g/mol. The molecule has 0 fully saturated rings. The second-order valence-corrected chi connectivity index (χ2v) is 12.8. The minimum absolute atomic E-state index is 0.0175. The van der Waals surface area contributed by atoms with Gasteiger partial charge in [-0.1, -0.05) is 59.6 Å². The van der Waals surface area contributed by atoms with Crippen LogP contribution >= 0.6 is 15.9 Å². The Hall–Kier alpha value is -3.37. The van der Waals surface area contributed by atoms with Crippen LogP contribution in [-0.2, 0) is 26.2 Å². The number of aryl methyl sites for hydroxylation is 1. The minimum atomic E-state index is -4.14. The maximum Gasteiger partial charge on any atom is 0.264 e. The molecule has 3 aromatic rings. The van der Waals surface area contributed by atoms with Crippen molar-refractivity contribution in [2.75, 3.05) is 24.5 Å². The zero-order valence-electron chi connectivity index (χ0n) is 23.4. The highest BCUT2D eigenvalue weighted by atomic mass is 79.9. The van der Waals surface area contributed by atoms with Crippen molar-refractivity contribution in [1.82, 2.24) is 10.2 Å². The van der Waals surface area contributed by atoms with Crippen LogP contribution in [0.3, 0.4) is 0 Å². The number of benzene rings is 3. The molecule has 3 aromatic carbocycles. The van der Waals surface area contributed by atoms with Gasteiger partial charge >= 0.3 is 0 Å². The predicted octanol–water partition coefficient (Wildman–Crippen LogP) is 5.15. The summed E-state index contributed by atoms with van der Waals surface area (Å²) in [5.74, 6) is -0.0656. The molecule has 0 bridgehead atoms. The van der Waals surface area contributed by atoms with E-state index >= 15 is 0 Å². The molecule has 2 amide bonds. The van der Waals surface area contributed by atoms with E-state index in [-0.39, 0.29) is 23.3 Å². The van der Waals surface area contributed by atoms with Gasteiger partial charge in [-0.05, 0) is 73.9 Å². The van der Waals surface area contributed by atoms with Crippen LogP contribution in [-0.4, -0.2) is 51.4 Å². The number of sulfonamides is 1. The first-order valence-electron chi connectivity index (χ1n) is 13.0. The molecule has 0 aliphatic carbocycles. The second kappa shape index (κ2) is 13.8. The molecule has 1 atom stereocenters. The molecular weight excluding hydrogens is 594 g/mol. The van der Waals surface area contributed by atoms with Gasteiger partial charge in [0, 0.05) is 17.6 Å². The van der Waals surface area contributed by atoms with E-state index in [9.17, 15) is 18.0 Å². The molecule has 214 valence electrons. The molecule has 40 heavy (non-hydrogen) atoms. The Morgan fingerprint density at radius 2 is 1.52 bits per heavy atom. The highest BCUT2D eigenvalue weighted by molar-refractivity contribution is 9.10. The van der Waals surface area contributed by atoms with E-state index in [0.29, 0.717) is 18.0 Å². The van der Waals surface area contributed by atoms with Crippen molar-refractivity contribution in [3.8, 4) is 5.75 Å². The molecule has 10 heteroatoms. The van der Waals surface area contributed by atoms with Gasteiger partial charge in [-0.15, -0.1) is 0 Å². The SMILES string of the molecule is COc1ccc(S(=O)(=O)N(CC(=O)N(Cc2ccc(Br)cc2)[C@H](C)C(=O)NCC(C)C)c2ccc(C)cc2)cc1. The molecule has 0 spiro atoms. The van der Waals surface area contributed by atoms with Crippen molar-refractivity contribution in [2.45, 2.75) is 45.2 Å². The van der Waals surface area contributed by atoms with Crippen molar-refractivity contribution in [2.24, 2.45) is 5.92 Å². The van der Waals surface area contributed by atoms with Crippen molar-refractivity contribution in [1.29, 1.82) is 0 Å². The number of hydrogen-bond acceptors (Lipinski definition) is 5. The van der Waals surface area contributed by atoms with Gasteiger partial charge in [0.2, 0.25) is 11.8 Å². The normalized spacial score (nSPS) is 12.1. The Morgan fingerprint density at radius 1 is 0.925 bits per heavy atom. The summed E-state index contributed by atoms with van der Waals surface area (Å²) in [6.07, 6.45) is 0. The van der Waals surface area contributed by atoms with Crippen molar-refractivity contribution in [3.05, 3.63) is 88.4 Å². The average molecular weight is 631 g/mol.